The lowest BCUT2D eigenvalue weighted by molar-refractivity contribution is 0.0600. The normalized spacial score (nSPS) is 9.83. The first-order valence-electron chi connectivity index (χ1n) is 5.11. The zero-order valence-corrected chi connectivity index (χ0v) is 9.54. The highest BCUT2D eigenvalue weighted by Crippen LogP contribution is 2.12. The SMILES string of the molecule is COC(=O)c1cccc(NC(=O)c2ccon2)c1. The number of nitrogens with one attached hydrogen (secondary N) is 1. The van der Waals surface area contributed by atoms with E-state index >= 15 is 0 Å². The van der Waals surface area contributed by atoms with Crippen molar-refractivity contribution in [1.29, 1.82) is 0 Å². The van der Waals surface area contributed by atoms with Crippen molar-refractivity contribution < 1.29 is 18.8 Å². The highest BCUT2D eigenvalue weighted by molar-refractivity contribution is 6.03. The molecule has 6 nitrogen and oxygen atoms in total. The average molecular weight is 246 g/mol. The van der Waals surface area contributed by atoms with E-state index in [9.17, 15) is 9.59 Å². The maximum atomic E-state index is 11.7. The van der Waals surface area contributed by atoms with Crippen molar-refractivity contribution in [3.63, 3.8) is 0 Å². The fraction of sp³-hybridized carbons (Fsp3) is 0.0833. The Morgan fingerprint density at radius 2 is 2.17 bits per heavy atom. The molecule has 0 saturated heterocycles. The highest BCUT2D eigenvalue weighted by Gasteiger charge is 2.11. The molecule has 92 valence electrons. The fourth-order valence-corrected chi connectivity index (χ4v) is 1.37. The molecule has 0 atom stereocenters. The van der Waals surface area contributed by atoms with Crippen molar-refractivity contribution in [3.8, 4) is 0 Å². The van der Waals surface area contributed by atoms with Crippen LogP contribution in [0.25, 0.3) is 0 Å². The standard InChI is InChI=1S/C12H10N2O4/c1-17-12(16)8-3-2-4-9(7-8)13-11(15)10-5-6-18-14-10/h2-7H,1H3,(H,13,15). The van der Waals surface area contributed by atoms with Crippen LogP contribution in [-0.2, 0) is 4.74 Å². The maximum absolute atomic E-state index is 11.7. The van der Waals surface area contributed by atoms with E-state index < -0.39 is 11.9 Å². The summed E-state index contributed by atoms with van der Waals surface area (Å²) in [6.07, 6.45) is 1.31. The predicted molar refractivity (Wildman–Crippen MR) is 62.2 cm³/mol. The molecular formula is C12H10N2O4. The van der Waals surface area contributed by atoms with Crippen molar-refractivity contribution in [1.82, 2.24) is 5.16 Å². The third-order valence-corrected chi connectivity index (χ3v) is 2.21. The second-order valence-corrected chi connectivity index (χ2v) is 3.41. The molecule has 1 heterocycles. The molecule has 0 aliphatic rings. The number of carbonyl (C=O) groups is 2. The minimum atomic E-state index is -0.465. The molecule has 1 aromatic carbocycles. The largest absolute Gasteiger partial charge is 0.465 e. The van der Waals surface area contributed by atoms with E-state index in [1.54, 1.807) is 18.2 Å². The molecule has 0 radical (unpaired) electrons. The minimum Gasteiger partial charge on any atom is -0.465 e. The molecule has 0 spiro atoms. The summed E-state index contributed by atoms with van der Waals surface area (Å²) in [6, 6.07) is 7.86. The molecule has 0 saturated carbocycles. The zero-order valence-electron chi connectivity index (χ0n) is 9.54. The van der Waals surface area contributed by atoms with Crippen LogP contribution in [0.3, 0.4) is 0 Å². The Kier molecular flexibility index (Phi) is 3.38. The second kappa shape index (κ2) is 5.13. The van der Waals surface area contributed by atoms with Gasteiger partial charge in [-0.3, -0.25) is 4.79 Å². The van der Waals surface area contributed by atoms with Gasteiger partial charge in [0.2, 0.25) is 0 Å². The molecule has 18 heavy (non-hydrogen) atoms. The molecule has 0 aliphatic heterocycles. The van der Waals surface area contributed by atoms with Gasteiger partial charge in [-0.05, 0) is 18.2 Å². The van der Waals surface area contributed by atoms with Gasteiger partial charge >= 0.3 is 5.97 Å². The van der Waals surface area contributed by atoms with Gasteiger partial charge in [-0.2, -0.15) is 0 Å². The molecule has 0 aliphatic carbocycles. The van der Waals surface area contributed by atoms with Crippen LogP contribution in [-0.4, -0.2) is 24.1 Å². The van der Waals surface area contributed by atoms with Crippen molar-refractivity contribution in [3.05, 3.63) is 47.9 Å². The highest BCUT2D eigenvalue weighted by atomic mass is 16.5. The summed E-state index contributed by atoms with van der Waals surface area (Å²) < 4.78 is 9.16. The molecule has 0 bridgehead atoms. The van der Waals surface area contributed by atoms with Gasteiger partial charge in [-0.25, -0.2) is 4.79 Å². The van der Waals surface area contributed by atoms with Gasteiger partial charge in [0.1, 0.15) is 6.26 Å². The number of hydrogen-bond donors (Lipinski definition) is 1. The van der Waals surface area contributed by atoms with Crippen molar-refractivity contribution in [2.45, 2.75) is 0 Å². The number of methoxy groups -OCH3 is 1. The molecule has 2 rings (SSSR count). The van der Waals surface area contributed by atoms with Crippen molar-refractivity contribution in [2.75, 3.05) is 12.4 Å². The first-order chi connectivity index (χ1) is 8.70. The summed E-state index contributed by atoms with van der Waals surface area (Å²) in [7, 11) is 1.29. The Hall–Kier alpha value is -2.63. The quantitative estimate of drug-likeness (QED) is 0.834. The third-order valence-electron chi connectivity index (χ3n) is 2.21. The van der Waals surface area contributed by atoms with Crippen molar-refractivity contribution >= 4 is 17.6 Å². The van der Waals surface area contributed by atoms with E-state index in [4.69, 9.17) is 0 Å². The van der Waals surface area contributed by atoms with Crippen LogP contribution >= 0.6 is 0 Å². The van der Waals surface area contributed by atoms with E-state index in [1.165, 1.54) is 25.5 Å². The maximum Gasteiger partial charge on any atom is 0.337 e. The third kappa shape index (κ3) is 2.54. The topological polar surface area (TPSA) is 81.4 Å². The Morgan fingerprint density at radius 1 is 1.33 bits per heavy atom. The van der Waals surface area contributed by atoms with E-state index in [0.29, 0.717) is 11.3 Å². The van der Waals surface area contributed by atoms with Crippen LogP contribution in [0.15, 0.2) is 41.1 Å². The molecule has 1 N–H and O–H groups in total. The van der Waals surface area contributed by atoms with E-state index in [2.05, 4.69) is 19.7 Å². The predicted octanol–water partition coefficient (Wildman–Crippen LogP) is 1.71. The van der Waals surface area contributed by atoms with Crippen LogP contribution in [0.1, 0.15) is 20.8 Å². The Labute approximate surface area is 103 Å². The van der Waals surface area contributed by atoms with Gasteiger partial charge in [-0.15, -0.1) is 0 Å². The lowest BCUT2D eigenvalue weighted by Gasteiger charge is -2.04. The lowest BCUT2D eigenvalue weighted by atomic mass is 10.2. The summed E-state index contributed by atoms with van der Waals surface area (Å²) in [5, 5.41) is 6.10. The van der Waals surface area contributed by atoms with E-state index in [1.807, 2.05) is 0 Å². The van der Waals surface area contributed by atoms with Crippen LogP contribution in [0.5, 0.6) is 0 Å². The van der Waals surface area contributed by atoms with E-state index in [0.717, 1.165) is 0 Å². The minimum absolute atomic E-state index is 0.165. The molecule has 2 aromatic rings. The summed E-state index contributed by atoms with van der Waals surface area (Å²) in [5.41, 5.74) is 1.000. The van der Waals surface area contributed by atoms with Crippen LogP contribution in [0.2, 0.25) is 0 Å². The Balaban J connectivity index is 2.15. The summed E-state index contributed by atoms with van der Waals surface area (Å²) in [5.74, 6) is -0.877. The van der Waals surface area contributed by atoms with Gasteiger partial charge < -0.3 is 14.6 Å². The monoisotopic (exact) mass is 246 g/mol. The number of esters is 1. The van der Waals surface area contributed by atoms with Gasteiger partial charge in [0, 0.05) is 11.8 Å². The molecule has 0 fully saturated rings. The van der Waals surface area contributed by atoms with Gasteiger partial charge in [0.05, 0.1) is 12.7 Å². The second-order valence-electron chi connectivity index (χ2n) is 3.41. The number of hydrogen-bond acceptors (Lipinski definition) is 5. The van der Waals surface area contributed by atoms with Gasteiger partial charge in [0.25, 0.3) is 5.91 Å². The molecule has 1 aromatic heterocycles. The number of nitrogens with zero attached hydrogens (tertiary/aromatic N) is 1. The first kappa shape index (κ1) is 11.8. The number of rotatable bonds is 3. The van der Waals surface area contributed by atoms with Crippen LogP contribution in [0.4, 0.5) is 5.69 Å². The van der Waals surface area contributed by atoms with Gasteiger partial charge in [0.15, 0.2) is 5.69 Å². The fourth-order valence-electron chi connectivity index (χ4n) is 1.37. The zero-order chi connectivity index (χ0) is 13.0. The summed E-state index contributed by atoms with van der Waals surface area (Å²) in [6.45, 7) is 0. The number of aromatic nitrogens is 1. The number of ether oxygens (including phenoxy) is 1. The number of amides is 1. The van der Waals surface area contributed by atoms with Crippen molar-refractivity contribution in [2.24, 2.45) is 0 Å². The first-order valence-corrected chi connectivity index (χ1v) is 5.11. The summed E-state index contributed by atoms with van der Waals surface area (Å²) in [4.78, 5) is 23.0. The number of anilines is 1. The van der Waals surface area contributed by atoms with Crippen LogP contribution in [0, 0.1) is 0 Å². The Bertz CT molecular complexity index is 563. The molecule has 1 amide bonds. The Morgan fingerprint density at radius 3 is 2.83 bits per heavy atom. The van der Waals surface area contributed by atoms with E-state index in [-0.39, 0.29) is 5.69 Å². The molecular weight excluding hydrogens is 236 g/mol. The number of benzene rings is 1. The average Bonchev–Trinajstić information content (AvgIpc) is 2.92. The van der Waals surface area contributed by atoms with Crippen LogP contribution < -0.4 is 5.32 Å². The lowest BCUT2D eigenvalue weighted by Crippen LogP contribution is -2.12. The summed E-state index contributed by atoms with van der Waals surface area (Å²) >= 11 is 0. The smallest absolute Gasteiger partial charge is 0.337 e. The van der Waals surface area contributed by atoms with Gasteiger partial charge in [-0.1, -0.05) is 11.2 Å². The number of carbonyl (C=O) groups excluding carboxylic acids is 2. The molecule has 0 unspecified atom stereocenters. The molecule has 6 heteroatoms.